The normalized spacial score (nSPS) is 13.7. The number of rotatable bonds is 6. The molecule has 0 unspecified atom stereocenters. The molecule has 0 radical (unpaired) electrons. The number of hydrogen-bond acceptors (Lipinski definition) is 6. The number of benzene rings is 1. The van der Waals surface area contributed by atoms with Gasteiger partial charge in [-0.3, -0.25) is 9.78 Å². The van der Waals surface area contributed by atoms with Crippen LogP contribution in [0.3, 0.4) is 0 Å². The Bertz CT molecular complexity index is 1300. The van der Waals surface area contributed by atoms with Crippen LogP contribution in [0.15, 0.2) is 67.1 Å². The van der Waals surface area contributed by atoms with Gasteiger partial charge in [-0.25, -0.2) is 4.98 Å². The summed E-state index contributed by atoms with van der Waals surface area (Å²) in [5.74, 6) is 0.897. The van der Waals surface area contributed by atoms with Crippen LogP contribution in [-0.4, -0.2) is 35.7 Å². The Balaban J connectivity index is 1.35. The molecule has 3 heterocycles. The van der Waals surface area contributed by atoms with Gasteiger partial charge in [0, 0.05) is 23.4 Å². The fraction of sp³-hybridized carbons (Fsp3) is 0.240. The van der Waals surface area contributed by atoms with Gasteiger partial charge in [0.2, 0.25) is 0 Å². The summed E-state index contributed by atoms with van der Waals surface area (Å²) in [5, 5.41) is 21.2. The van der Waals surface area contributed by atoms with Crippen molar-refractivity contribution >= 4 is 11.7 Å². The summed E-state index contributed by atoms with van der Waals surface area (Å²) in [5.41, 5.74) is 2.47. The second-order valence-corrected chi connectivity index (χ2v) is 8.73. The third-order valence-corrected chi connectivity index (χ3v) is 5.58. The number of carbonyl (C=O) groups excluding carboxylic acids is 1. The van der Waals surface area contributed by atoms with E-state index in [1.54, 1.807) is 44.6 Å². The van der Waals surface area contributed by atoms with E-state index in [0.717, 1.165) is 24.0 Å². The zero-order valence-corrected chi connectivity index (χ0v) is 18.4. The van der Waals surface area contributed by atoms with Crippen molar-refractivity contribution in [2.24, 2.45) is 0 Å². The minimum Gasteiger partial charge on any atom is -0.384 e. The highest BCUT2D eigenvalue weighted by Crippen LogP contribution is 2.37. The van der Waals surface area contributed by atoms with Gasteiger partial charge in [0.1, 0.15) is 23.4 Å². The van der Waals surface area contributed by atoms with Crippen molar-refractivity contribution in [1.29, 1.82) is 0 Å². The van der Waals surface area contributed by atoms with E-state index in [4.69, 9.17) is 0 Å². The maximum absolute atomic E-state index is 12.9. The highest BCUT2D eigenvalue weighted by Gasteiger charge is 2.27. The molecule has 0 spiro atoms. The standard InChI is InChI=1S/C25H24N6O2/c1-25(2,33)21-12-9-18(14-26-21)16-5-3-6-17(13-16)24(32)29-22-8-4-7-20(28-22)23-30-27-15-31(23)19-10-11-19/h3-9,12-15,19,33H,10-11H2,1-2H3,(H,28,29,32). The zero-order chi connectivity index (χ0) is 23.0. The molecule has 1 aliphatic rings. The number of nitrogens with one attached hydrogen (secondary N) is 1. The van der Waals surface area contributed by atoms with E-state index in [1.807, 2.05) is 41.0 Å². The van der Waals surface area contributed by atoms with E-state index < -0.39 is 5.60 Å². The van der Waals surface area contributed by atoms with Crippen LogP contribution in [-0.2, 0) is 5.60 Å². The summed E-state index contributed by atoms with van der Waals surface area (Å²) in [4.78, 5) is 21.9. The van der Waals surface area contributed by atoms with Crippen molar-refractivity contribution in [2.45, 2.75) is 38.3 Å². The molecule has 1 saturated carbocycles. The van der Waals surface area contributed by atoms with Gasteiger partial charge in [0.05, 0.1) is 5.69 Å². The van der Waals surface area contributed by atoms with Gasteiger partial charge in [-0.2, -0.15) is 0 Å². The molecule has 1 amide bonds. The molecule has 166 valence electrons. The summed E-state index contributed by atoms with van der Waals surface area (Å²) in [6, 6.07) is 16.9. The molecule has 1 aromatic carbocycles. The van der Waals surface area contributed by atoms with Crippen molar-refractivity contribution in [3.05, 3.63) is 78.4 Å². The average molecular weight is 441 g/mol. The SMILES string of the molecule is CC(C)(O)c1ccc(-c2cccc(C(=O)Nc3cccc(-c4nncn4C4CC4)n3)c2)cn1. The van der Waals surface area contributed by atoms with Crippen LogP contribution in [0.25, 0.3) is 22.6 Å². The second kappa shape index (κ2) is 8.22. The van der Waals surface area contributed by atoms with Crippen molar-refractivity contribution in [2.75, 3.05) is 5.32 Å². The predicted molar refractivity (Wildman–Crippen MR) is 124 cm³/mol. The van der Waals surface area contributed by atoms with Gasteiger partial charge >= 0.3 is 0 Å². The van der Waals surface area contributed by atoms with E-state index in [2.05, 4.69) is 25.5 Å². The smallest absolute Gasteiger partial charge is 0.256 e. The van der Waals surface area contributed by atoms with Gasteiger partial charge in [0.25, 0.3) is 5.91 Å². The van der Waals surface area contributed by atoms with Gasteiger partial charge in [0.15, 0.2) is 5.82 Å². The van der Waals surface area contributed by atoms with Crippen LogP contribution in [0, 0.1) is 0 Å². The van der Waals surface area contributed by atoms with E-state index in [9.17, 15) is 9.90 Å². The highest BCUT2D eigenvalue weighted by molar-refractivity contribution is 6.04. The summed E-state index contributed by atoms with van der Waals surface area (Å²) >= 11 is 0. The number of amides is 1. The lowest BCUT2D eigenvalue weighted by atomic mass is 10.0. The molecule has 0 atom stereocenters. The molecule has 8 nitrogen and oxygen atoms in total. The van der Waals surface area contributed by atoms with Crippen LogP contribution < -0.4 is 5.32 Å². The Morgan fingerprint density at radius 1 is 1.09 bits per heavy atom. The van der Waals surface area contributed by atoms with Gasteiger partial charge < -0.3 is 15.0 Å². The third kappa shape index (κ3) is 4.51. The predicted octanol–water partition coefficient (Wildman–Crippen LogP) is 4.22. The lowest BCUT2D eigenvalue weighted by Gasteiger charge is -2.16. The minimum absolute atomic E-state index is 0.258. The summed E-state index contributed by atoms with van der Waals surface area (Å²) in [7, 11) is 0. The molecular weight excluding hydrogens is 416 g/mol. The molecular formula is C25H24N6O2. The summed E-state index contributed by atoms with van der Waals surface area (Å²) in [6.07, 6.45) is 5.67. The Hall–Kier alpha value is -3.91. The van der Waals surface area contributed by atoms with Crippen molar-refractivity contribution in [3.63, 3.8) is 0 Å². The fourth-order valence-electron chi connectivity index (χ4n) is 3.63. The monoisotopic (exact) mass is 440 g/mol. The molecule has 3 aromatic heterocycles. The molecule has 33 heavy (non-hydrogen) atoms. The topological polar surface area (TPSA) is 106 Å². The molecule has 1 fully saturated rings. The molecule has 0 aliphatic heterocycles. The molecule has 0 bridgehead atoms. The van der Waals surface area contributed by atoms with Crippen LogP contribution in [0.4, 0.5) is 5.82 Å². The van der Waals surface area contributed by atoms with Gasteiger partial charge in [-0.05, 0) is 62.6 Å². The van der Waals surface area contributed by atoms with E-state index in [-0.39, 0.29) is 5.91 Å². The van der Waals surface area contributed by atoms with E-state index >= 15 is 0 Å². The lowest BCUT2D eigenvalue weighted by molar-refractivity contribution is 0.0739. The average Bonchev–Trinajstić information content (AvgIpc) is 3.55. The van der Waals surface area contributed by atoms with Gasteiger partial charge in [-0.1, -0.05) is 24.3 Å². The second-order valence-electron chi connectivity index (χ2n) is 8.73. The molecule has 4 aromatic rings. The van der Waals surface area contributed by atoms with Crippen LogP contribution >= 0.6 is 0 Å². The lowest BCUT2D eigenvalue weighted by Crippen LogP contribution is -2.17. The van der Waals surface area contributed by atoms with E-state index in [0.29, 0.717) is 34.6 Å². The van der Waals surface area contributed by atoms with Crippen LogP contribution in [0.1, 0.15) is 48.8 Å². The quantitative estimate of drug-likeness (QED) is 0.465. The number of hydrogen-bond donors (Lipinski definition) is 2. The van der Waals surface area contributed by atoms with Crippen molar-refractivity contribution < 1.29 is 9.90 Å². The van der Waals surface area contributed by atoms with Crippen molar-refractivity contribution in [3.8, 4) is 22.6 Å². The molecule has 0 saturated heterocycles. The first-order valence-corrected chi connectivity index (χ1v) is 10.9. The Morgan fingerprint density at radius 3 is 2.64 bits per heavy atom. The summed E-state index contributed by atoms with van der Waals surface area (Å²) < 4.78 is 2.04. The number of aromatic nitrogens is 5. The van der Waals surface area contributed by atoms with Gasteiger partial charge in [-0.15, -0.1) is 10.2 Å². The number of aliphatic hydroxyl groups is 1. The van der Waals surface area contributed by atoms with Crippen molar-refractivity contribution in [1.82, 2.24) is 24.7 Å². The van der Waals surface area contributed by atoms with Crippen LogP contribution in [0.5, 0.6) is 0 Å². The first kappa shape index (κ1) is 21.0. The first-order valence-electron chi connectivity index (χ1n) is 10.9. The third-order valence-electron chi connectivity index (χ3n) is 5.58. The van der Waals surface area contributed by atoms with E-state index in [1.165, 1.54) is 0 Å². The Kier molecular flexibility index (Phi) is 5.22. The fourth-order valence-corrected chi connectivity index (χ4v) is 3.63. The zero-order valence-electron chi connectivity index (χ0n) is 18.4. The first-order chi connectivity index (χ1) is 15.9. The maximum Gasteiger partial charge on any atom is 0.256 e. The molecule has 8 heteroatoms. The Morgan fingerprint density at radius 2 is 1.91 bits per heavy atom. The highest BCUT2D eigenvalue weighted by atomic mass is 16.3. The number of nitrogens with zero attached hydrogens (tertiary/aromatic N) is 5. The molecule has 2 N–H and O–H groups in total. The number of anilines is 1. The Labute approximate surface area is 191 Å². The number of pyridine rings is 2. The molecule has 1 aliphatic carbocycles. The minimum atomic E-state index is -1.01. The van der Waals surface area contributed by atoms with Crippen LogP contribution in [0.2, 0.25) is 0 Å². The largest absolute Gasteiger partial charge is 0.384 e. The summed E-state index contributed by atoms with van der Waals surface area (Å²) in [6.45, 7) is 3.39. The molecule has 5 rings (SSSR count). The maximum atomic E-state index is 12.9. The number of carbonyl (C=O) groups is 1.